The third kappa shape index (κ3) is 3.04. The summed E-state index contributed by atoms with van der Waals surface area (Å²) in [6, 6.07) is 26.7. The Morgan fingerprint density at radius 3 is 2.52 bits per heavy atom. The third-order valence-electron chi connectivity index (χ3n) is 4.21. The van der Waals surface area contributed by atoms with Crippen LogP contribution in [0.1, 0.15) is 5.69 Å². The lowest BCUT2D eigenvalue weighted by molar-refractivity contribution is 0.416. The zero-order chi connectivity index (χ0) is 17.1. The fourth-order valence-electron chi connectivity index (χ4n) is 2.93. The highest BCUT2D eigenvalue weighted by Gasteiger charge is 2.04. The average Bonchev–Trinajstić information content (AvgIpc) is 3.14. The van der Waals surface area contributed by atoms with Gasteiger partial charge in [-0.15, -0.1) is 0 Å². The van der Waals surface area contributed by atoms with E-state index < -0.39 is 0 Å². The Hall–Kier alpha value is -3.33. The van der Waals surface area contributed by atoms with Crippen molar-refractivity contribution in [2.45, 2.75) is 0 Å². The summed E-state index contributed by atoms with van der Waals surface area (Å²) in [5.74, 6) is 0.766. The predicted octanol–water partition coefficient (Wildman–Crippen LogP) is 5.39. The second-order valence-corrected chi connectivity index (χ2v) is 5.76. The molecule has 0 atom stereocenters. The van der Waals surface area contributed by atoms with Crippen molar-refractivity contribution in [2.24, 2.45) is 4.99 Å². The predicted molar refractivity (Wildman–Crippen MR) is 104 cm³/mol. The number of rotatable bonds is 4. The number of ether oxygens (including phenoxy) is 1. The molecule has 1 heterocycles. The Balaban J connectivity index is 1.71. The van der Waals surface area contributed by atoms with Gasteiger partial charge >= 0.3 is 0 Å². The molecule has 0 aliphatic carbocycles. The molecule has 0 aliphatic rings. The fourth-order valence-corrected chi connectivity index (χ4v) is 2.93. The lowest BCUT2D eigenvalue weighted by atomic mass is 10.1. The molecule has 0 unspecified atom stereocenters. The van der Waals surface area contributed by atoms with Crippen molar-refractivity contribution in [3.8, 4) is 11.4 Å². The minimum Gasteiger partial charge on any atom is -0.494 e. The minimum atomic E-state index is 0.766. The van der Waals surface area contributed by atoms with Gasteiger partial charge in [0.05, 0.1) is 19.0 Å². The molecule has 0 bridgehead atoms. The summed E-state index contributed by atoms with van der Waals surface area (Å²) in [7, 11) is 1.66. The molecule has 0 fully saturated rings. The van der Waals surface area contributed by atoms with Crippen LogP contribution in [-0.4, -0.2) is 17.9 Å². The van der Waals surface area contributed by atoms with Crippen LogP contribution in [-0.2, 0) is 0 Å². The SMILES string of the molecule is COc1ccccc1N=Cc1cccn1-c1ccc2ccccc2c1. The number of methoxy groups -OCH3 is 1. The van der Waals surface area contributed by atoms with Gasteiger partial charge in [0, 0.05) is 11.9 Å². The number of hydrogen-bond acceptors (Lipinski definition) is 2. The van der Waals surface area contributed by atoms with Crippen molar-refractivity contribution >= 4 is 22.7 Å². The highest BCUT2D eigenvalue weighted by atomic mass is 16.5. The molecule has 0 saturated carbocycles. The van der Waals surface area contributed by atoms with Crippen molar-refractivity contribution in [2.75, 3.05) is 7.11 Å². The summed E-state index contributed by atoms with van der Waals surface area (Å²) in [6.07, 6.45) is 3.92. The lowest BCUT2D eigenvalue weighted by Crippen LogP contribution is -1.97. The highest BCUT2D eigenvalue weighted by Crippen LogP contribution is 2.26. The smallest absolute Gasteiger partial charge is 0.144 e. The van der Waals surface area contributed by atoms with Crippen LogP contribution in [0.2, 0.25) is 0 Å². The summed E-state index contributed by atoms with van der Waals surface area (Å²) in [5.41, 5.74) is 2.95. The van der Waals surface area contributed by atoms with Crippen LogP contribution in [0.25, 0.3) is 16.5 Å². The molecule has 0 spiro atoms. The minimum absolute atomic E-state index is 0.766. The van der Waals surface area contributed by atoms with E-state index in [0.717, 1.165) is 22.8 Å². The first-order valence-electron chi connectivity index (χ1n) is 8.19. The summed E-state index contributed by atoms with van der Waals surface area (Å²) in [5, 5.41) is 2.46. The Kier molecular flexibility index (Phi) is 4.05. The molecular weight excluding hydrogens is 308 g/mol. The molecule has 3 aromatic carbocycles. The van der Waals surface area contributed by atoms with Crippen LogP contribution in [0.5, 0.6) is 5.75 Å². The molecule has 0 amide bonds. The van der Waals surface area contributed by atoms with Gasteiger partial charge in [0.1, 0.15) is 11.4 Å². The van der Waals surface area contributed by atoms with E-state index in [0.29, 0.717) is 0 Å². The van der Waals surface area contributed by atoms with Gasteiger partial charge in [-0.2, -0.15) is 0 Å². The van der Waals surface area contributed by atoms with Gasteiger partial charge < -0.3 is 9.30 Å². The topological polar surface area (TPSA) is 26.5 Å². The Bertz CT molecular complexity index is 1050. The summed E-state index contributed by atoms with van der Waals surface area (Å²) in [4.78, 5) is 4.60. The van der Waals surface area contributed by atoms with Gasteiger partial charge in [-0.25, -0.2) is 0 Å². The van der Waals surface area contributed by atoms with Crippen LogP contribution in [0.15, 0.2) is 90.1 Å². The van der Waals surface area contributed by atoms with E-state index >= 15 is 0 Å². The molecule has 0 aliphatic heterocycles. The number of hydrogen-bond donors (Lipinski definition) is 0. The first-order valence-corrected chi connectivity index (χ1v) is 8.19. The quantitative estimate of drug-likeness (QED) is 0.462. The maximum Gasteiger partial charge on any atom is 0.144 e. The largest absolute Gasteiger partial charge is 0.494 e. The van der Waals surface area contributed by atoms with E-state index in [1.54, 1.807) is 7.11 Å². The lowest BCUT2D eigenvalue weighted by Gasteiger charge is -2.08. The number of nitrogens with zero attached hydrogens (tertiary/aromatic N) is 2. The average molecular weight is 326 g/mol. The molecule has 3 heteroatoms. The fraction of sp³-hybridized carbons (Fsp3) is 0.0455. The molecule has 25 heavy (non-hydrogen) atoms. The van der Waals surface area contributed by atoms with Crippen molar-refractivity contribution in [3.63, 3.8) is 0 Å². The van der Waals surface area contributed by atoms with Crippen molar-refractivity contribution in [1.82, 2.24) is 4.57 Å². The van der Waals surface area contributed by atoms with Gasteiger partial charge in [-0.1, -0.05) is 42.5 Å². The van der Waals surface area contributed by atoms with E-state index in [9.17, 15) is 0 Å². The van der Waals surface area contributed by atoms with Crippen LogP contribution in [0.3, 0.4) is 0 Å². The number of fused-ring (bicyclic) bond motifs is 1. The number of aromatic nitrogens is 1. The van der Waals surface area contributed by atoms with E-state index in [-0.39, 0.29) is 0 Å². The maximum atomic E-state index is 5.36. The summed E-state index contributed by atoms with van der Waals surface area (Å²) < 4.78 is 7.49. The molecule has 4 aromatic rings. The molecule has 122 valence electrons. The molecule has 0 saturated heterocycles. The molecule has 4 rings (SSSR count). The summed E-state index contributed by atoms with van der Waals surface area (Å²) >= 11 is 0. The van der Waals surface area contributed by atoms with E-state index in [1.807, 2.05) is 48.8 Å². The number of benzene rings is 3. The Labute approximate surface area is 146 Å². The Morgan fingerprint density at radius 1 is 0.840 bits per heavy atom. The van der Waals surface area contributed by atoms with Crippen LogP contribution < -0.4 is 4.74 Å². The zero-order valence-corrected chi connectivity index (χ0v) is 14.0. The second kappa shape index (κ2) is 6.65. The van der Waals surface area contributed by atoms with Crippen LogP contribution >= 0.6 is 0 Å². The second-order valence-electron chi connectivity index (χ2n) is 5.76. The third-order valence-corrected chi connectivity index (χ3v) is 4.21. The highest BCUT2D eigenvalue weighted by molar-refractivity contribution is 5.86. The standard InChI is InChI=1S/C22H18N2O/c1-25-22-11-5-4-10-21(22)23-16-20-9-6-14-24(20)19-13-12-17-7-2-3-8-18(17)15-19/h2-16H,1H3. The molecular formula is C22H18N2O. The van der Waals surface area contributed by atoms with Crippen molar-refractivity contribution in [1.29, 1.82) is 0 Å². The van der Waals surface area contributed by atoms with E-state index in [2.05, 4.69) is 52.0 Å². The van der Waals surface area contributed by atoms with E-state index in [4.69, 9.17) is 4.74 Å². The normalized spacial score (nSPS) is 11.2. The van der Waals surface area contributed by atoms with Gasteiger partial charge in [0.25, 0.3) is 0 Å². The van der Waals surface area contributed by atoms with Gasteiger partial charge in [-0.05, 0) is 47.2 Å². The monoisotopic (exact) mass is 326 g/mol. The molecule has 1 aromatic heterocycles. The number of aliphatic imine (C=N–C) groups is 1. The zero-order valence-electron chi connectivity index (χ0n) is 14.0. The molecule has 0 N–H and O–H groups in total. The van der Waals surface area contributed by atoms with Crippen molar-refractivity contribution in [3.05, 3.63) is 90.8 Å². The van der Waals surface area contributed by atoms with Crippen molar-refractivity contribution < 1.29 is 4.74 Å². The number of para-hydroxylation sites is 2. The van der Waals surface area contributed by atoms with Gasteiger partial charge in [-0.3, -0.25) is 4.99 Å². The van der Waals surface area contributed by atoms with Crippen LogP contribution in [0.4, 0.5) is 5.69 Å². The van der Waals surface area contributed by atoms with Gasteiger partial charge in [0.15, 0.2) is 0 Å². The molecule has 0 radical (unpaired) electrons. The molecule has 3 nitrogen and oxygen atoms in total. The van der Waals surface area contributed by atoms with E-state index in [1.165, 1.54) is 10.8 Å². The van der Waals surface area contributed by atoms with Gasteiger partial charge in [0.2, 0.25) is 0 Å². The Morgan fingerprint density at radius 2 is 1.64 bits per heavy atom. The first kappa shape index (κ1) is 15.2. The first-order chi connectivity index (χ1) is 12.3. The maximum absolute atomic E-state index is 5.36. The summed E-state index contributed by atoms with van der Waals surface area (Å²) in [6.45, 7) is 0. The van der Waals surface area contributed by atoms with Crippen LogP contribution in [0, 0.1) is 0 Å².